The van der Waals surface area contributed by atoms with Crippen LogP contribution >= 0.6 is 0 Å². The molecule has 2 aliphatic carbocycles. The molecular formula is C34H37Cl3Ti. The first-order valence-corrected chi connectivity index (χ1v) is 12.8. The Labute approximate surface area is 263 Å². The van der Waals surface area contributed by atoms with Crippen LogP contribution in [0.25, 0.3) is 0 Å². The minimum atomic E-state index is -0.296. The van der Waals surface area contributed by atoms with Crippen LogP contribution < -0.4 is 37.2 Å². The molecule has 0 radical (unpaired) electrons. The maximum absolute atomic E-state index is 2.45. The summed E-state index contributed by atoms with van der Waals surface area (Å²) in [5.74, 6) is 2.24. The number of halogens is 3. The van der Waals surface area contributed by atoms with Gasteiger partial charge in [0.1, 0.15) is 0 Å². The molecule has 3 aromatic carbocycles. The summed E-state index contributed by atoms with van der Waals surface area (Å²) in [4.78, 5) is 0. The van der Waals surface area contributed by atoms with Crippen LogP contribution in [-0.4, -0.2) is 0 Å². The van der Waals surface area contributed by atoms with Crippen molar-refractivity contribution >= 4 is 0 Å². The molecule has 4 heteroatoms. The van der Waals surface area contributed by atoms with Gasteiger partial charge in [0.15, 0.2) is 0 Å². The van der Waals surface area contributed by atoms with Crippen molar-refractivity contribution < 1.29 is 58.9 Å². The Kier molecular flexibility index (Phi) is 12.6. The van der Waals surface area contributed by atoms with Gasteiger partial charge in [0.05, 0.1) is 0 Å². The topological polar surface area (TPSA) is 0 Å². The molecular weight excluding hydrogens is 563 g/mol. The number of aryl methyl sites for hydroxylation is 6. The van der Waals surface area contributed by atoms with Crippen LogP contribution in [0.1, 0.15) is 69.3 Å². The van der Waals surface area contributed by atoms with Gasteiger partial charge in [-0.3, -0.25) is 0 Å². The summed E-state index contributed by atoms with van der Waals surface area (Å²) in [7, 11) is 0. The van der Waals surface area contributed by atoms with Crippen molar-refractivity contribution in [3.05, 3.63) is 134 Å². The maximum Gasteiger partial charge on any atom is 4.00 e. The van der Waals surface area contributed by atoms with E-state index in [2.05, 4.69) is 114 Å². The summed E-state index contributed by atoms with van der Waals surface area (Å²) in [6.07, 6.45) is 10.6. The van der Waals surface area contributed by atoms with Gasteiger partial charge in [-0.05, 0) is 70.6 Å². The third-order valence-corrected chi connectivity index (χ3v) is 7.78. The van der Waals surface area contributed by atoms with Gasteiger partial charge in [0, 0.05) is 5.41 Å². The minimum absolute atomic E-state index is 0. The molecule has 0 bridgehead atoms. The molecule has 1 atom stereocenters. The zero-order valence-corrected chi connectivity index (χ0v) is 27.1. The second-order valence-electron chi connectivity index (χ2n) is 10.9. The van der Waals surface area contributed by atoms with E-state index in [4.69, 9.17) is 0 Å². The molecule has 0 spiro atoms. The molecule has 0 saturated heterocycles. The summed E-state index contributed by atoms with van der Waals surface area (Å²) in [5.41, 5.74) is 13.5. The van der Waals surface area contributed by atoms with E-state index < -0.39 is 0 Å². The van der Waals surface area contributed by atoms with Crippen LogP contribution in [0, 0.1) is 53.4 Å². The number of hydrogen-bond acceptors (Lipinski definition) is 0. The Morgan fingerprint density at radius 1 is 0.605 bits per heavy atom. The summed E-state index contributed by atoms with van der Waals surface area (Å²) in [6.45, 7) is 13.5. The molecule has 2 aliphatic rings. The molecule has 0 aromatic heterocycles. The van der Waals surface area contributed by atoms with Gasteiger partial charge in [-0.25, -0.2) is 11.6 Å². The first-order chi connectivity index (χ1) is 16.3. The number of fused-ring (bicyclic) bond motifs is 1. The fourth-order valence-corrected chi connectivity index (χ4v) is 6.76. The maximum atomic E-state index is 2.45. The molecule has 1 unspecified atom stereocenters. The minimum Gasteiger partial charge on any atom is -1.00 e. The van der Waals surface area contributed by atoms with E-state index in [0.717, 1.165) is 12.8 Å². The van der Waals surface area contributed by atoms with Gasteiger partial charge in [-0.15, -0.1) is 12.2 Å². The van der Waals surface area contributed by atoms with Crippen LogP contribution in [0.5, 0.6) is 0 Å². The second-order valence-corrected chi connectivity index (χ2v) is 10.9. The molecule has 1 saturated carbocycles. The molecule has 1 fully saturated rings. The van der Waals surface area contributed by atoms with E-state index in [1.165, 1.54) is 56.5 Å². The fraction of sp³-hybridized carbons (Fsp3) is 0.324. The Morgan fingerprint density at radius 3 is 1.34 bits per heavy atom. The van der Waals surface area contributed by atoms with E-state index in [1.807, 2.05) is 0 Å². The van der Waals surface area contributed by atoms with Crippen molar-refractivity contribution in [2.24, 2.45) is 5.92 Å². The zero-order valence-electron chi connectivity index (χ0n) is 23.3. The molecule has 0 nitrogen and oxygen atoms in total. The molecule has 0 amide bonds. The fourth-order valence-electron chi connectivity index (χ4n) is 6.76. The van der Waals surface area contributed by atoms with Crippen molar-refractivity contribution in [1.29, 1.82) is 0 Å². The Morgan fingerprint density at radius 2 is 0.974 bits per heavy atom. The van der Waals surface area contributed by atoms with Crippen molar-refractivity contribution in [1.82, 2.24) is 0 Å². The van der Waals surface area contributed by atoms with E-state index in [-0.39, 0.29) is 64.4 Å². The quantitative estimate of drug-likeness (QED) is 0.221. The standard InChI is InChI=1S/C34H37.3ClH.Ti/c1-22-13-23(2)17-29(16-22)34(30-18-24(3)14-25(4)19-30,31-20-26(5)15-27(6)21-31)33-12-11-28-9-7-8-10-32(28)33;;;;/h7-8,10,13-21,28H,9,11-12H2,1-6H3;3*1H;/q-1;;;;+4/p-3. The van der Waals surface area contributed by atoms with Crippen LogP contribution in [0.15, 0.2) is 78.4 Å². The normalized spacial score (nSPS) is 15.8. The van der Waals surface area contributed by atoms with Gasteiger partial charge in [-0.2, -0.15) is 5.92 Å². The first kappa shape index (κ1) is 34.6. The smallest absolute Gasteiger partial charge is 1.00 e. The molecule has 0 aliphatic heterocycles. The predicted molar refractivity (Wildman–Crippen MR) is 145 cm³/mol. The third-order valence-electron chi connectivity index (χ3n) is 7.78. The van der Waals surface area contributed by atoms with Crippen molar-refractivity contribution in [3.63, 3.8) is 0 Å². The van der Waals surface area contributed by atoms with Crippen molar-refractivity contribution in [3.8, 4) is 0 Å². The van der Waals surface area contributed by atoms with E-state index in [0.29, 0.717) is 5.92 Å². The Balaban J connectivity index is 0.00000180. The van der Waals surface area contributed by atoms with Crippen LogP contribution in [0.3, 0.4) is 0 Å². The average Bonchev–Trinajstić information content (AvgIpc) is 3.17. The van der Waals surface area contributed by atoms with Crippen LogP contribution in [0.2, 0.25) is 0 Å². The molecule has 0 N–H and O–H groups in total. The molecule has 3 aromatic rings. The monoisotopic (exact) mass is 598 g/mol. The predicted octanol–water partition coefficient (Wildman–Crippen LogP) is -0.248. The SMILES string of the molecule is Cc1cc(C)cc(C(c2cc(C)cc(C)c2)(c2cc(C)cc(C)c2)[C-]2CCC3CC=CC=C23)c1.[Cl-].[Cl-].[Cl-].[Ti+4]. The van der Waals surface area contributed by atoms with Crippen molar-refractivity contribution in [2.45, 2.75) is 66.2 Å². The first-order valence-electron chi connectivity index (χ1n) is 12.8. The van der Waals surface area contributed by atoms with Crippen LogP contribution in [0.4, 0.5) is 0 Å². The van der Waals surface area contributed by atoms with Gasteiger partial charge >= 0.3 is 21.7 Å². The van der Waals surface area contributed by atoms with E-state index >= 15 is 0 Å². The summed E-state index contributed by atoms with van der Waals surface area (Å²) >= 11 is 0. The van der Waals surface area contributed by atoms with Crippen LogP contribution in [-0.2, 0) is 27.1 Å². The van der Waals surface area contributed by atoms with Crippen molar-refractivity contribution in [2.75, 3.05) is 0 Å². The van der Waals surface area contributed by atoms with Gasteiger partial charge in [-0.1, -0.05) is 101 Å². The number of rotatable bonds is 4. The largest absolute Gasteiger partial charge is 4.00 e. The molecule has 198 valence electrons. The van der Waals surface area contributed by atoms with E-state index in [1.54, 1.807) is 11.5 Å². The number of allylic oxidation sites excluding steroid dienone is 4. The third kappa shape index (κ3) is 6.32. The number of hydrogen-bond donors (Lipinski definition) is 0. The second kappa shape index (κ2) is 13.8. The average molecular weight is 600 g/mol. The van der Waals surface area contributed by atoms with Gasteiger partial charge < -0.3 is 37.2 Å². The molecule has 5 rings (SSSR count). The Bertz CT molecular complexity index is 1140. The van der Waals surface area contributed by atoms with Gasteiger partial charge in [0.25, 0.3) is 0 Å². The summed E-state index contributed by atoms with van der Waals surface area (Å²) in [6, 6.07) is 21.6. The van der Waals surface area contributed by atoms with Gasteiger partial charge in [0.2, 0.25) is 0 Å². The molecule has 38 heavy (non-hydrogen) atoms. The summed E-state index contributed by atoms with van der Waals surface area (Å²) < 4.78 is 0. The Hall–Kier alpha value is -1.41. The zero-order chi connectivity index (χ0) is 24.0. The number of benzene rings is 3. The summed E-state index contributed by atoms with van der Waals surface area (Å²) in [5, 5.41) is 0. The molecule has 0 heterocycles. The van der Waals surface area contributed by atoms with E-state index in [9.17, 15) is 0 Å².